The van der Waals surface area contributed by atoms with Gasteiger partial charge in [-0.1, -0.05) is 24.3 Å². The number of hydrogen-bond donors (Lipinski definition) is 1. The Morgan fingerprint density at radius 2 is 1.89 bits per heavy atom. The third kappa shape index (κ3) is 6.20. The van der Waals surface area contributed by atoms with Crippen molar-refractivity contribution in [1.29, 1.82) is 0 Å². The van der Waals surface area contributed by atoms with Crippen molar-refractivity contribution in [2.75, 3.05) is 20.3 Å². The number of para-hydroxylation sites is 1. The first-order valence-corrected chi connectivity index (χ1v) is 9.34. The lowest BCUT2D eigenvalue weighted by molar-refractivity contribution is -0.127. The summed E-state index contributed by atoms with van der Waals surface area (Å²) < 4.78 is 16.6. The van der Waals surface area contributed by atoms with Crippen LogP contribution in [0.2, 0.25) is 0 Å². The zero-order valence-corrected chi connectivity index (χ0v) is 16.6. The lowest BCUT2D eigenvalue weighted by Gasteiger charge is -2.16. The maximum absolute atomic E-state index is 12.2. The molecule has 0 aromatic heterocycles. The molecule has 0 spiro atoms. The van der Waals surface area contributed by atoms with E-state index in [-0.39, 0.29) is 5.91 Å². The third-order valence-corrected chi connectivity index (χ3v) is 4.24. The van der Waals surface area contributed by atoms with Gasteiger partial charge in [0.2, 0.25) is 0 Å². The second kappa shape index (κ2) is 10.5. The normalized spacial score (nSPS) is 11.6. The van der Waals surface area contributed by atoms with E-state index in [9.17, 15) is 4.79 Å². The number of rotatable bonds is 10. The summed E-state index contributed by atoms with van der Waals surface area (Å²) in [5.41, 5.74) is 2.16. The summed E-state index contributed by atoms with van der Waals surface area (Å²) in [5.74, 6) is 2.11. The standard InChI is InChI=1S/C22H29NO4/c1-5-26-20-13-12-18(15-21(20)25-4)10-8-14-23-22(24)17(3)27-19-11-7-6-9-16(19)2/h6-7,9,11-13,15,17H,5,8,10,14H2,1-4H3,(H,23,24)/t17-/m0/s1. The molecule has 1 N–H and O–H groups in total. The zero-order chi connectivity index (χ0) is 19.6. The lowest BCUT2D eigenvalue weighted by atomic mass is 10.1. The topological polar surface area (TPSA) is 56.8 Å². The van der Waals surface area contributed by atoms with Crippen molar-refractivity contribution in [2.24, 2.45) is 0 Å². The molecule has 0 unspecified atom stereocenters. The molecule has 5 nitrogen and oxygen atoms in total. The molecular weight excluding hydrogens is 342 g/mol. The van der Waals surface area contributed by atoms with Crippen LogP contribution in [-0.2, 0) is 11.2 Å². The van der Waals surface area contributed by atoms with Crippen LogP contribution in [-0.4, -0.2) is 32.3 Å². The highest BCUT2D eigenvalue weighted by molar-refractivity contribution is 5.80. The molecule has 1 atom stereocenters. The van der Waals surface area contributed by atoms with Gasteiger partial charge in [0, 0.05) is 6.54 Å². The van der Waals surface area contributed by atoms with Crippen molar-refractivity contribution in [3.05, 3.63) is 53.6 Å². The Kier molecular flexibility index (Phi) is 7.99. The molecule has 0 saturated heterocycles. The number of carbonyl (C=O) groups is 1. The SMILES string of the molecule is CCOc1ccc(CCCNC(=O)[C@H](C)Oc2ccccc2C)cc1OC. The van der Waals surface area contributed by atoms with E-state index in [1.165, 1.54) is 0 Å². The maximum Gasteiger partial charge on any atom is 0.260 e. The molecule has 1 amide bonds. The number of methoxy groups -OCH3 is 1. The molecular formula is C22H29NO4. The number of hydrogen-bond acceptors (Lipinski definition) is 4. The molecule has 5 heteroatoms. The van der Waals surface area contributed by atoms with Crippen LogP contribution < -0.4 is 19.5 Å². The van der Waals surface area contributed by atoms with Gasteiger partial charge >= 0.3 is 0 Å². The second-order valence-electron chi connectivity index (χ2n) is 6.34. The van der Waals surface area contributed by atoms with E-state index < -0.39 is 6.10 Å². The van der Waals surface area contributed by atoms with E-state index in [0.29, 0.717) is 13.2 Å². The largest absolute Gasteiger partial charge is 0.493 e. The first kappa shape index (κ1) is 20.6. The lowest BCUT2D eigenvalue weighted by Crippen LogP contribution is -2.37. The molecule has 0 aliphatic rings. The Balaban J connectivity index is 1.77. The van der Waals surface area contributed by atoms with Crippen LogP contribution in [0.15, 0.2) is 42.5 Å². The molecule has 0 saturated carbocycles. The van der Waals surface area contributed by atoms with Gasteiger partial charge in [-0.25, -0.2) is 0 Å². The molecule has 0 aliphatic carbocycles. The summed E-state index contributed by atoms with van der Waals surface area (Å²) in [6.07, 6.45) is 1.15. The molecule has 0 bridgehead atoms. The average molecular weight is 371 g/mol. The number of aryl methyl sites for hydroxylation is 2. The molecule has 2 aromatic rings. The van der Waals surface area contributed by atoms with Crippen LogP contribution in [0.25, 0.3) is 0 Å². The van der Waals surface area contributed by atoms with Crippen LogP contribution >= 0.6 is 0 Å². The van der Waals surface area contributed by atoms with E-state index in [1.54, 1.807) is 14.0 Å². The van der Waals surface area contributed by atoms with Gasteiger partial charge in [-0.2, -0.15) is 0 Å². The molecule has 0 heterocycles. The minimum absolute atomic E-state index is 0.109. The first-order chi connectivity index (χ1) is 13.0. The number of ether oxygens (including phenoxy) is 3. The van der Waals surface area contributed by atoms with Crippen LogP contribution in [0, 0.1) is 6.92 Å². The Bertz CT molecular complexity index is 745. The zero-order valence-electron chi connectivity index (χ0n) is 16.6. The molecule has 27 heavy (non-hydrogen) atoms. The van der Waals surface area contributed by atoms with E-state index in [2.05, 4.69) is 5.32 Å². The summed E-state index contributed by atoms with van der Waals surface area (Å²) >= 11 is 0. The van der Waals surface area contributed by atoms with Gasteiger partial charge in [-0.15, -0.1) is 0 Å². The predicted molar refractivity (Wildman–Crippen MR) is 107 cm³/mol. The summed E-state index contributed by atoms with van der Waals surface area (Å²) in [5, 5.41) is 2.93. The summed E-state index contributed by atoms with van der Waals surface area (Å²) in [4.78, 5) is 12.2. The molecule has 0 fully saturated rings. The Hall–Kier alpha value is -2.69. The van der Waals surface area contributed by atoms with Gasteiger partial charge in [-0.3, -0.25) is 4.79 Å². The monoisotopic (exact) mass is 371 g/mol. The Morgan fingerprint density at radius 3 is 2.59 bits per heavy atom. The van der Waals surface area contributed by atoms with Crippen molar-refractivity contribution in [2.45, 2.75) is 39.7 Å². The number of amides is 1. The van der Waals surface area contributed by atoms with Gasteiger partial charge < -0.3 is 19.5 Å². The van der Waals surface area contributed by atoms with E-state index in [0.717, 1.165) is 41.2 Å². The summed E-state index contributed by atoms with van der Waals surface area (Å²) in [6, 6.07) is 13.6. The van der Waals surface area contributed by atoms with Gasteiger partial charge in [0.1, 0.15) is 5.75 Å². The van der Waals surface area contributed by atoms with Crippen molar-refractivity contribution in [3.8, 4) is 17.2 Å². The van der Waals surface area contributed by atoms with E-state index in [4.69, 9.17) is 14.2 Å². The fraction of sp³-hybridized carbons (Fsp3) is 0.409. The fourth-order valence-corrected chi connectivity index (χ4v) is 2.72. The highest BCUT2D eigenvalue weighted by Gasteiger charge is 2.14. The van der Waals surface area contributed by atoms with Crippen LogP contribution in [0.5, 0.6) is 17.2 Å². The average Bonchev–Trinajstić information content (AvgIpc) is 2.67. The van der Waals surface area contributed by atoms with Crippen molar-refractivity contribution < 1.29 is 19.0 Å². The van der Waals surface area contributed by atoms with E-state index in [1.807, 2.05) is 56.3 Å². The number of benzene rings is 2. The van der Waals surface area contributed by atoms with Gasteiger partial charge in [-0.05, 0) is 62.9 Å². The van der Waals surface area contributed by atoms with Crippen molar-refractivity contribution >= 4 is 5.91 Å². The van der Waals surface area contributed by atoms with Gasteiger partial charge in [0.05, 0.1) is 13.7 Å². The molecule has 0 aliphatic heterocycles. The highest BCUT2D eigenvalue weighted by atomic mass is 16.5. The molecule has 146 valence electrons. The minimum atomic E-state index is -0.531. The maximum atomic E-state index is 12.2. The number of carbonyl (C=O) groups excluding carboxylic acids is 1. The third-order valence-electron chi connectivity index (χ3n) is 4.24. The predicted octanol–water partition coefficient (Wildman–Crippen LogP) is 3.92. The molecule has 0 radical (unpaired) electrons. The van der Waals surface area contributed by atoms with Gasteiger partial charge in [0.25, 0.3) is 5.91 Å². The molecule has 2 rings (SSSR count). The molecule has 2 aromatic carbocycles. The summed E-state index contributed by atoms with van der Waals surface area (Å²) in [7, 11) is 1.64. The summed E-state index contributed by atoms with van der Waals surface area (Å²) in [6.45, 7) is 6.87. The Labute approximate surface area is 161 Å². The van der Waals surface area contributed by atoms with Gasteiger partial charge in [0.15, 0.2) is 17.6 Å². The van der Waals surface area contributed by atoms with Crippen LogP contribution in [0.1, 0.15) is 31.4 Å². The second-order valence-corrected chi connectivity index (χ2v) is 6.34. The fourth-order valence-electron chi connectivity index (χ4n) is 2.72. The first-order valence-electron chi connectivity index (χ1n) is 9.34. The van der Waals surface area contributed by atoms with E-state index >= 15 is 0 Å². The smallest absolute Gasteiger partial charge is 0.260 e. The number of nitrogens with one attached hydrogen (secondary N) is 1. The minimum Gasteiger partial charge on any atom is -0.493 e. The highest BCUT2D eigenvalue weighted by Crippen LogP contribution is 2.28. The quantitative estimate of drug-likeness (QED) is 0.643. The van der Waals surface area contributed by atoms with Crippen molar-refractivity contribution in [3.63, 3.8) is 0 Å². The van der Waals surface area contributed by atoms with Crippen molar-refractivity contribution in [1.82, 2.24) is 5.32 Å². The Morgan fingerprint density at radius 1 is 1.11 bits per heavy atom. The van der Waals surface area contributed by atoms with Crippen LogP contribution in [0.4, 0.5) is 0 Å². The van der Waals surface area contributed by atoms with Crippen LogP contribution in [0.3, 0.4) is 0 Å².